The molecule has 0 atom stereocenters. The van der Waals surface area contributed by atoms with Gasteiger partial charge in [-0.1, -0.05) is 12.8 Å². The van der Waals surface area contributed by atoms with Gasteiger partial charge in [-0.25, -0.2) is 0 Å². The first kappa shape index (κ1) is 13.8. The van der Waals surface area contributed by atoms with Crippen LogP contribution in [0, 0.1) is 5.92 Å². The maximum atomic E-state index is 10.9. The Bertz CT molecular complexity index is 302. The van der Waals surface area contributed by atoms with Crippen molar-refractivity contribution in [2.75, 3.05) is 6.54 Å². The lowest BCUT2D eigenvalue weighted by atomic mass is 9.78. The van der Waals surface area contributed by atoms with Gasteiger partial charge in [-0.3, -0.25) is 4.79 Å². The van der Waals surface area contributed by atoms with Gasteiger partial charge in [0.2, 0.25) is 0 Å². The summed E-state index contributed by atoms with van der Waals surface area (Å²) in [5, 5.41) is 23.0. The summed E-state index contributed by atoms with van der Waals surface area (Å²) >= 11 is 0. The highest BCUT2D eigenvalue weighted by atomic mass is 16.4. The van der Waals surface area contributed by atoms with Crippen LogP contribution in [0.15, 0.2) is 0 Å². The van der Waals surface area contributed by atoms with Crippen LogP contribution in [0.25, 0.3) is 0 Å². The predicted molar refractivity (Wildman–Crippen MR) is 69.4 cm³/mol. The van der Waals surface area contributed by atoms with Crippen LogP contribution in [-0.4, -0.2) is 33.9 Å². The van der Waals surface area contributed by atoms with Crippen molar-refractivity contribution in [1.29, 1.82) is 0 Å². The monoisotopic (exact) mass is 255 g/mol. The molecule has 0 amide bonds. The van der Waals surface area contributed by atoms with Gasteiger partial charge in [0.25, 0.3) is 0 Å². The zero-order valence-electron chi connectivity index (χ0n) is 11.2. The minimum atomic E-state index is -0.715. The van der Waals surface area contributed by atoms with Crippen molar-refractivity contribution in [2.24, 2.45) is 5.92 Å². The van der Waals surface area contributed by atoms with Gasteiger partial charge in [0.05, 0.1) is 11.5 Å². The van der Waals surface area contributed by atoms with E-state index in [-0.39, 0.29) is 11.5 Å². The molecule has 0 bridgehead atoms. The summed E-state index contributed by atoms with van der Waals surface area (Å²) in [5.74, 6) is -0.972. The van der Waals surface area contributed by atoms with Crippen LogP contribution in [-0.2, 0) is 4.79 Å². The number of carboxylic acid groups (broad SMARTS) is 1. The molecule has 0 aliphatic heterocycles. The highest BCUT2D eigenvalue weighted by molar-refractivity contribution is 5.70. The fourth-order valence-corrected chi connectivity index (χ4v) is 3.29. The third kappa shape index (κ3) is 3.23. The van der Waals surface area contributed by atoms with Crippen molar-refractivity contribution in [3.8, 4) is 0 Å². The van der Waals surface area contributed by atoms with Crippen LogP contribution in [0.2, 0.25) is 0 Å². The molecule has 0 aromatic carbocycles. The molecule has 0 heterocycles. The summed E-state index contributed by atoms with van der Waals surface area (Å²) in [5.41, 5.74) is -0.517. The van der Waals surface area contributed by atoms with Crippen LogP contribution in [0.3, 0.4) is 0 Å². The highest BCUT2D eigenvalue weighted by Gasteiger charge is 2.38. The van der Waals surface area contributed by atoms with Gasteiger partial charge in [-0.15, -0.1) is 0 Å². The maximum absolute atomic E-state index is 10.9. The number of aliphatic hydroxyl groups is 1. The largest absolute Gasteiger partial charge is 0.481 e. The normalized spacial score (nSPS) is 35.6. The van der Waals surface area contributed by atoms with Crippen LogP contribution in [0.1, 0.15) is 58.3 Å². The van der Waals surface area contributed by atoms with E-state index >= 15 is 0 Å². The van der Waals surface area contributed by atoms with Gasteiger partial charge in [-0.05, 0) is 45.4 Å². The Morgan fingerprint density at radius 3 is 2.28 bits per heavy atom. The standard InChI is InChI=1S/C14H25NO3/c1-13(6-2-3-7-13)15-10-14(18)8-4-11(5-9-14)12(16)17/h11,15,18H,2-10H2,1H3,(H,16,17). The second-order valence-corrected chi connectivity index (χ2v) is 6.46. The number of nitrogens with one attached hydrogen (secondary N) is 1. The maximum Gasteiger partial charge on any atom is 0.306 e. The van der Waals surface area contributed by atoms with Gasteiger partial charge >= 0.3 is 5.97 Å². The average molecular weight is 255 g/mol. The smallest absolute Gasteiger partial charge is 0.306 e. The number of carbonyl (C=O) groups is 1. The van der Waals surface area contributed by atoms with Crippen molar-refractivity contribution in [2.45, 2.75) is 69.4 Å². The molecule has 2 saturated carbocycles. The Morgan fingerprint density at radius 1 is 1.22 bits per heavy atom. The second kappa shape index (κ2) is 5.17. The Balaban J connectivity index is 1.80. The zero-order chi connectivity index (χ0) is 13.2. The Kier molecular flexibility index (Phi) is 3.97. The average Bonchev–Trinajstić information content (AvgIpc) is 2.75. The third-order valence-electron chi connectivity index (χ3n) is 4.82. The van der Waals surface area contributed by atoms with Gasteiger partial charge < -0.3 is 15.5 Å². The molecule has 2 aliphatic rings. The molecule has 0 aromatic rings. The lowest BCUT2D eigenvalue weighted by Crippen LogP contribution is -2.51. The van der Waals surface area contributed by atoms with Crippen molar-refractivity contribution in [1.82, 2.24) is 5.32 Å². The van der Waals surface area contributed by atoms with Crippen LogP contribution in [0.5, 0.6) is 0 Å². The summed E-state index contributed by atoms with van der Waals surface area (Å²) in [6, 6.07) is 0. The summed E-state index contributed by atoms with van der Waals surface area (Å²) in [7, 11) is 0. The predicted octanol–water partition coefficient (Wildman–Crippen LogP) is 1.91. The summed E-state index contributed by atoms with van der Waals surface area (Å²) in [6.45, 7) is 2.84. The number of aliphatic carboxylic acids is 1. The van der Waals surface area contributed by atoms with Crippen LogP contribution < -0.4 is 5.32 Å². The molecule has 4 nitrogen and oxygen atoms in total. The number of hydrogen-bond donors (Lipinski definition) is 3. The van der Waals surface area contributed by atoms with E-state index in [1.165, 1.54) is 25.7 Å². The van der Waals surface area contributed by atoms with E-state index < -0.39 is 11.6 Å². The zero-order valence-corrected chi connectivity index (χ0v) is 11.2. The first-order chi connectivity index (χ1) is 8.43. The summed E-state index contributed by atoms with van der Waals surface area (Å²) in [6.07, 6.45) is 7.31. The van der Waals surface area contributed by atoms with Crippen molar-refractivity contribution in [3.05, 3.63) is 0 Å². The van der Waals surface area contributed by atoms with Crippen molar-refractivity contribution < 1.29 is 15.0 Å². The molecule has 2 aliphatic carbocycles. The number of hydrogen-bond acceptors (Lipinski definition) is 3. The molecule has 2 rings (SSSR count). The summed E-state index contributed by atoms with van der Waals surface area (Å²) in [4.78, 5) is 10.9. The minimum Gasteiger partial charge on any atom is -0.481 e. The van der Waals surface area contributed by atoms with Crippen LogP contribution >= 0.6 is 0 Å². The molecule has 104 valence electrons. The highest BCUT2D eigenvalue weighted by Crippen LogP contribution is 2.34. The number of β-amino-alcohol motifs (C(OH)–C–C–N with tert-alkyl or cyclic N) is 1. The second-order valence-electron chi connectivity index (χ2n) is 6.46. The Labute approximate surface area is 109 Å². The summed E-state index contributed by atoms with van der Waals surface area (Å²) < 4.78 is 0. The Morgan fingerprint density at radius 2 is 1.78 bits per heavy atom. The topological polar surface area (TPSA) is 69.6 Å². The van der Waals surface area contributed by atoms with E-state index in [4.69, 9.17) is 5.11 Å². The Hall–Kier alpha value is -0.610. The molecule has 0 unspecified atom stereocenters. The number of carboxylic acids is 1. The van der Waals surface area contributed by atoms with Gasteiger partial charge in [0.1, 0.15) is 0 Å². The van der Waals surface area contributed by atoms with Crippen LogP contribution in [0.4, 0.5) is 0 Å². The molecule has 3 N–H and O–H groups in total. The number of rotatable bonds is 4. The first-order valence-corrected chi connectivity index (χ1v) is 7.13. The van der Waals surface area contributed by atoms with Gasteiger partial charge in [0.15, 0.2) is 0 Å². The van der Waals surface area contributed by atoms with E-state index in [2.05, 4.69) is 12.2 Å². The molecule has 2 fully saturated rings. The quantitative estimate of drug-likeness (QED) is 0.718. The van der Waals surface area contributed by atoms with E-state index in [1.807, 2.05) is 0 Å². The molecular formula is C14H25NO3. The first-order valence-electron chi connectivity index (χ1n) is 7.13. The molecule has 0 radical (unpaired) electrons. The molecule has 0 saturated heterocycles. The molecule has 0 spiro atoms. The lowest BCUT2D eigenvalue weighted by Gasteiger charge is -2.38. The van der Waals surface area contributed by atoms with E-state index in [9.17, 15) is 9.90 Å². The van der Waals surface area contributed by atoms with Gasteiger partial charge in [0, 0.05) is 12.1 Å². The minimum absolute atomic E-state index is 0.180. The van der Waals surface area contributed by atoms with Crippen molar-refractivity contribution >= 4 is 5.97 Å². The molecular weight excluding hydrogens is 230 g/mol. The fraction of sp³-hybridized carbons (Fsp3) is 0.929. The molecule has 18 heavy (non-hydrogen) atoms. The lowest BCUT2D eigenvalue weighted by molar-refractivity contribution is -0.144. The molecule has 4 heteroatoms. The SMILES string of the molecule is CC1(NCC2(O)CCC(C(=O)O)CC2)CCCC1. The van der Waals surface area contributed by atoms with E-state index in [0.717, 1.165) is 0 Å². The molecule has 0 aromatic heterocycles. The third-order valence-corrected chi connectivity index (χ3v) is 4.82. The fourth-order valence-electron chi connectivity index (χ4n) is 3.29. The van der Waals surface area contributed by atoms with Crippen molar-refractivity contribution in [3.63, 3.8) is 0 Å². The van der Waals surface area contributed by atoms with E-state index in [1.54, 1.807) is 0 Å². The van der Waals surface area contributed by atoms with Gasteiger partial charge in [-0.2, -0.15) is 0 Å². The van der Waals surface area contributed by atoms with E-state index in [0.29, 0.717) is 32.2 Å².